The van der Waals surface area contributed by atoms with Crippen LogP contribution < -0.4 is 10.2 Å². The second kappa shape index (κ2) is 5.64. The summed E-state index contributed by atoms with van der Waals surface area (Å²) in [6.45, 7) is 3.01. The van der Waals surface area contributed by atoms with Crippen molar-refractivity contribution in [2.45, 2.75) is 45.1 Å². The summed E-state index contributed by atoms with van der Waals surface area (Å²) in [6.07, 6.45) is 7.85. The molecule has 3 rings (SSSR count). The molecule has 6 nitrogen and oxygen atoms in total. The molecule has 1 aliphatic carbocycles. The molecule has 1 saturated carbocycles. The van der Waals surface area contributed by atoms with Crippen molar-refractivity contribution in [2.24, 2.45) is 0 Å². The van der Waals surface area contributed by atoms with Gasteiger partial charge in [0.2, 0.25) is 5.95 Å². The minimum absolute atomic E-state index is 0.579. The number of imidazole rings is 1. The summed E-state index contributed by atoms with van der Waals surface area (Å²) >= 11 is 0. The molecule has 1 fully saturated rings. The first-order valence-electron chi connectivity index (χ1n) is 7.47. The molecule has 0 unspecified atom stereocenters. The maximum Gasteiger partial charge on any atom is 0.226 e. The summed E-state index contributed by atoms with van der Waals surface area (Å²) in [5.74, 6) is 1.63. The number of hydrogen-bond donors (Lipinski definition) is 2. The van der Waals surface area contributed by atoms with Gasteiger partial charge in [0, 0.05) is 19.6 Å². The second-order valence-electron chi connectivity index (χ2n) is 5.45. The Balaban J connectivity index is 1.96. The predicted molar refractivity (Wildman–Crippen MR) is 81.1 cm³/mol. The van der Waals surface area contributed by atoms with E-state index in [2.05, 4.69) is 44.1 Å². The number of fused-ring (bicyclic) bond motifs is 1. The van der Waals surface area contributed by atoms with E-state index in [0.717, 1.165) is 29.9 Å². The number of nitrogens with zero attached hydrogens (tertiary/aromatic N) is 4. The fourth-order valence-corrected chi connectivity index (χ4v) is 2.85. The van der Waals surface area contributed by atoms with Crippen LogP contribution in [0.4, 0.5) is 11.8 Å². The van der Waals surface area contributed by atoms with Crippen LogP contribution in [0.2, 0.25) is 0 Å². The molecule has 2 aromatic heterocycles. The summed E-state index contributed by atoms with van der Waals surface area (Å²) < 4.78 is 0. The lowest BCUT2D eigenvalue weighted by atomic mass is 10.2. The maximum atomic E-state index is 4.69. The molecular formula is C14H22N6. The van der Waals surface area contributed by atoms with Crippen molar-refractivity contribution in [3.8, 4) is 0 Å². The average molecular weight is 274 g/mol. The predicted octanol–water partition coefficient (Wildman–Crippen LogP) is 2.55. The summed E-state index contributed by atoms with van der Waals surface area (Å²) in [4.78, 5) is 18.9. The molecule has 0 amide bonds. The third-order valence-corrected chi connectivity index (χ3v) is 4.01. The average Bonchev–Trinajstić information content (AvgIpc) is 3.13. The maximum absolute atomic E-state index is 4.69. The number of hydrogen-bond acceptors (Lipinski definition) is 5. The zero-order valence-corrected chi connectivity index (χ0v) is 12.2. The van der Waals surface area contributed by atoms with E-state index in [0.29, 0.717) is 12.0 Å². The smallest absolute Gasteiger partial charge is 0.226 e. The number of aromatic nitrogens is 4. The first-order valence-corrected chi connectivity index (χ1v) is 7.47. The van der Waals surface area contributed by atoms with Crippen molar-refractivity contribution < 1.29 is 0 Å². The van der Waals surface area contributed by atoms with Crippen molar-refractivity contribution in [1.82, 2.24) is 19.9 Å². The van der Waals surface area contributed by atoms with Crippen LogP contribution >= 0.6 is 0 Å². The van der Waals surface area contributed by atoms with Crippen molar-refractivity contribution >= 4 is 22.9 Å². The van der Waals surface area contributed by atoms with Gasteiger partial charge in [-0.15, -0.1) is 0 Å². The number of rotatable bonds is 5. The number of aromatic amines is 1. The monoisotopic (exact) mass is 274 g/mol. The van der Waals surface area contributed by atoms with Crippen LogP contribution in [0.3, 0.4) is 0 Å². The Labute approximate surface area is 119 Å². The van der Waals surface area contributed by atoms with Gasteiger partial charge in [0.1, 0.15) is 5.52 Å². The van der Waals surface area contributed by atoms with Gasteiger partial charge in [-0.2, -0.15) is 9.97 Å². The highest BCUT2D eigenvalue weighted by atomic mass is 15.3. The molecule has 20 heavy (non-hydrogen) atoms. The zero-order chi connectivity index (χ0) is 13.9. The van der Waals surface area contributed by atoms with Crippen LogP contribution in [-0.2, 0) is 0 Å². The Morgan fingerprint density at radius 2 is 2.15 bits per heavy atom. The summed E-state index contributed by atoms with van der Waals surface area (Å²) in [5.41, 5.74) is 1.67. The molecule has 0 atom stereocenters. The Bertz CT molecular complexity index is 572. The topological polar surface area (TPSA) is 69.7 Å². The highest BCUT2D eigenvalue weighted by Gasteiger charge is 2.23. The fraction of sp³-hybridized carbons (Fsp3) is 0.643. The first kappa shape index (κ1) is 13.1. The number of anilines is 2. The van der Waals surface area contributed by atoms with E-state index < -0.39 is 0 Å². The van der Waals surface area contributed by atoms with E-state index in [9.17, 15) is 0 Å². The van der Waals surface area contributed by atoms with Gasteiger partial charge in [-0.25, -0.2) is 4.98 Å². The molecule has 0 radical (unpaired) electrons. The first-order chi connectivity index (χ1) is 9.79. The molecule has 0 saturated heterocycles. The molecular weight excluding hydrogens is 252 g/mol. The Morgan fingerprint density at radius 1 is 1.35 bits per heavy atom. The molecule has 0 bridgehead atoms. The van der Waals surface area contributed by atoms with Gasteiger partial charge in [-0.3, -0.25) is 0 Å². The molecule has 2 N–H and O–H groups in total. The Morgan fingerprint density at radius 3 is 2.90 bits per heavy atom. The molecule has 0 aliphatic heterocycles. The molecule has 2 heterocycles. The molecule has 0 aromatic carbocycles. The van der Waals surface area contributed by atoms with Gasteiger partial charge >= 0.3 is 0 Å². The van der Waals surface area contributed by atoms with Gasteiger partial charge in [0.15, 0.2) is 11.5 Å². The largest absolute Gasteiger partial charge is 0.355 e. The number of nitrogens with one attached hydrogen (secondary N) is 2. The lowest BCUT2D eigenvalue weighted by Gasteiger charge is -2.25. The van der Waals surface area contributed by atoms with E-state index in [1.807, 2.05) is 0 Å². The van der Waals surface area contributed by atoms with E-state index in [1.165, 1.54) is 25.7 Å². The van der Waals surface area contributed by atoms with E-state index in [1.54, 1.807) is 6.33 Å². The van der Waals surface area contributed by atoms with Crippen molar-refractivity contribution in [1.29, 1.82) is 0 Å². The van der Waals surface area contributed by atoms with Crippen LogP contribution in [-0.4, -0.2) is 39.6 Å². The van der Waals surface area contributed by atoms with Gasteiger partial charge in [0.25, 0.3) is 0 Å². The second-order valence-corrected chi connectivity index (χ2v) is 5.45. The summed E-state index contributed by atoms with van der Waals surface area (Å²) in [6, 6.07) is 0.579. The van der Waals surface area contributed by atoms with Gasteiger partial charge in [-0.05, 0) is 19.3 Å². The Kier molecular flexibility index (Phi) is 3.71. The SMILES string of the molecule is CCCNc1nc(N(C)C2CCCC2)c2[nH]cnc2n1. The minimum atomic E-state index is 0.579. The quantitative estimate of drug-likeness (QED) is 0.877. The highest BCUT2D eigenvalue weighted by molar-refractivity contribution is 5.84. The standard InChI is InChI=1S/C14H22N6/c1-3-8-15-14-18-12-11(16-9-17-12)13(19-14)20(2)10-6-4-5-7-10/h9-10H,3-8H2,1-2H3,(H2,15,16,17,18,19). The number of H-pyrrole nitrogens is 1. The molecule has 2 aromatic rings. The summed E-state index contributed by atoms with van der Waals surface area (Å²) in [7, 11) is 2.13. The van der Waals surface area contributed by atoms with Crippen LogP contribution in [0.1, 0.15) is 39.0 Å². The van der Waals surface area contributed by atoms with E-state index >= 15 is 0 Å². The fourth-order valence-electron chi connectivity index (χ4n) is 2.85. The minimum Gasteiger partial charge on any atom is -0.355 e. The van der Waals surface area contributed by atoms with Crippen molar-refractivity contribution in [3.05, 3.63) is 6.33 Å². The van der Waals surface area contributed by atoms with Crippen LogP contribution in [0.25, 0.3) is 11.2 Å². The molecule has 1 aliphatic rings. The van der Waals surface area contributed by atoms with E-state index in [4.69, 9.17) is 0 Å². The normalized spacial score (nSPS) is 15.9. The molecule has 108 valence electrons. The Hall–Kier alpha value is -1.85. The third kappa shape index (κ3) is 2.42. The lowest BCUT2D eigenvalue weighted by Crippen LogP contribution is -2.30. The van der Waals surface area contributed by atoms with Crippen molar-refractivity contribution in [2.75, 3.05) is 23.8 Å². The van der Waals surface area contributed by atoms with E-state index in [-0.39, 0.29) is 0 Å². The summed E-state index contributed by atoms with van der Waals surface area (Å²) in [5, 5.41) is 3.26. The van der Waals surface area contributed by atoms with Gasteiger partial charge in [0.05, 0.1) is 6.33 Å². The van der Waals surface area contributed by atoms with Gasteiger partial charge in [-0.1, -0.05) is 19.8 Å². The zero-order valence-electron chi connectivity index (χ0n) is 12.2. The third-order valence-electron chi connectivity index (χ3n) is 4.01. The lowest BCUT2D eigenvalue weighted by molar-refractivity contribution is 0.648. The highest BCUT2D eigenvalue weighted by Crippen LogP contribution is 2.29. The van der Waals surface area contributed by atoms with Crippen LogP contribution in [0, 0.1) is 0 Å². The van der Waals surface area contributed by atoms with Gasteiger partial charge < -0.3 is 15.2 Å². The van der Waals surface area contributed by atoms with Crippen molar-refractivity contribution in [3.63, 3.8) is 0 Å². The van der Waals surface area contributed by atoms with Crippen LogP contribution in [0.15, 0.2) is 6.33 Å². The molecule has 6 heteroatoms. The molecule has 0 spiro atoms. The van der Waals surface area contributed by atoms with Crippen LogP contribution in [0.5, 0.6) is 0 Å².